The van der Waals surface area contributed by atoms with E-state index in [2.05, 4.69) is 43.4 Å². The van der Waals surface area contributed by atoms with Gasteiger partial charge in [-0.15, -0.1) is 0 Å². The Bertz CT molecular complexity index is 753. The summed E-state index contributed by atoms with van der Waals surface area (Å²) in [5.41, 5.74) is 1.14. The minimum atomic E-state index is -0.188. The van der Waals surface area contributed by atoms with Gasteiger partial charge in [-0.3, -0.25) is 4.79 Å². The summed E-state index contributed by atoms with van der Waals surface area (Å²) in [6.45, 7) is 5.96. The molecule has 0 saturated carbocycles. The maximum Gasteiger partial charge on any atom is 0.286 e. The summed E-state index contributed by atoms with van der Waals surface area (Å²) in [5, 5.41) is 3.01. The van der Waals surface area contributed by atoms with Crippen molar-refractivity contribution in [3.05, 3.63) is 59.5 Å². The number of nitrogens with one attached hydrogen (secondary N) is 1. The molecule has 5 heteroatoms. The van der Waals surface area contributed by atoms with E-state index in [1.807, 2.05) is 6.07 Å². The highest BCUT2D eigenvalue weighted by Gasteiger charge is 2.41. The van der Waals surface area contributed by atoms with Crippen LogP contribution in [0.15, 0.2) is 46.9 Å². The van der Waals surface area contributed by atoms with Crippen LogP contribution in [0.3, 0.4) is 0 Å². The van der Waals surface area contributed by atoms with Crippen molar-refractivity contribution in [1.29, 1.82) is 0 Å². The van der Waals surface area contributed by atoms with Crippen LogP contribution in [-0.4, -0.2) is 31.8 Å². The van der Waals surface area contributed by atoms with E-state index >= 15 is 0 Å². The maximum atomic E-state index is 12.4. The van der Waals surface area contributed by atoms with E-state index in [9.17, 15) is 4.79 Å². The van der Waals surface area contributed by atoms with Crippen molar-refractivity contribution in [2.24, 2.45) is 0 Å². The molecule has 1 aromatic carbocycles. The number of hydrogen-bond acceptors (Lipinski definition) is 4. The Morgan fingerprint density at radius 2 is 1.96 bits per heavy atom. The van der Waals surface area contributed by atoms with E-state index in [1.54, 1.807) is 19.2 Å². The Labute approximate surface area is 161 Å². The molecule has 27 heavy (non-hydrogen) atoms. The highest BCUT2D eigenvalue weighted by molar-refractivity contribution is 5.91. The second kappa shape index (κ2) is 8.28. The first-order valence-electron chi connectivity index (χ1n) is 9.49. The van der Waals surface area contributed by atoms with Gasteiger partial charge in [0, 0.05) is 25.7 Å². The van der Waals surface area contributed by atoms with E-state index in [0.717, 1.165) is 25.9 Å². The monoisotopic (exact) mass is 371 g/mol. The average Bonchev–Trinajstić information content (AvgIpc) is 3.11. The average molecular weight is 371 g/mol. The summed E-state index contributed by atoms with van der Waals surface area (Å²) in [6.07, 6.45) is 2.74. The Morgan fingerprint density at radius 3 is 2.67 bits per heavy atom. The molecule has 2 heterocycles. The Morgan fingerprint density at radius 1 is 1.19 bits per heavy atom. The molecule has 1 aromatic heterocycles. The van der Waals surface area contributed by atoms with Gasteiger partial charge in [-0.05, 0) is 50.8 Å². The zero-order chi connectivity index (χ0) is 19.3. The molecule has 0 spiro atoms. The molecule has 1 amide bonds. The first-order chi connectivity index (χ1) is 12.9. The molecule has 5 nitrogen and oxygen atoms in total. The summed E-state index contributed by atoms with van der Waals surface area (Å²) >= 11 is 0. The standard InChI is InChI=1S/C22H29NO4/c1-21(2)16-22(12-14-26-21,17-7-5-4-6-8-17)11-13-23-20(24)19-10-9-18(27-19)15-25-3/h4-10H,11-16H2,1-3H3,(H,23,24). The molecule has 1 fully saturated rings. The van der Waals surface area contributed by atoms with Gasteiger partial charge in [-0.2, -0.15) is 0 Å². The summed E-state index contributed by atoms with van der Waals surface area (Å²) in [6, 6.07) is 14.0. The lowest BCUT2D eigenvalue weighted by molar-refractivity contribution is -0.0838. The van der Waals surface area contributed by atoms with E-state index in [1.165, 1.54) is 5.56 Å². The van der Waals surface area contributed by atoms with Crippen LogP contribution >= 0.6 is 0 Å². The lowest BCUT2D eigenvalue weighted by Gasteiger charge is -2.45. The van der Waals surface area contributed by atoms with Crippen LogP contribution in [0.1, 0.15) is 55.0 Å². The molecular formula is C22H29NO4. The third-order valence-corrected chi connectivity index (χ3v) is 5.28. The van der Waals surface area contributed by atoms with Crippen LogP contribution in [0.4, 0.5) is 0 Å². The molecule has 1 unspecified atom stereocenters. The number of amides is 1. The van der Waals surface area contributed by atoms with Gasteiger partial charge in [0.2, 0.25) is 0 Å². The highest BCUT2D eigenvalue weighted by Crippen LogP contribution is 2.43. The van der Waals surface area contributed by atoms with Gasteiger partial charge < -0.3 is 19.2 Å². The molecular weight excluding hydrogens is 342 g/mol. The largest absolute Gasteiger partial charge is 0.453 e. The molecule has 146 valence electrons. The van der Waals surface area contributed by atoms with Gasteiger partial charge in [0.1, 0.15) is 12.4 Å². The van der Waals surface area contributed by atoms with Crippen molar-refractivity contribution in [2.75, 3.05) is 20.3 Å². The van der Waals surface area contributed by atoms with Gasteiger partial charge in [0.05, 0.1) is 5.60 Å². The third kappa shape index (κ3) is 4.79. The summed E-state index contributed by atoms with van der Waals surface area (Å²) < 4.78 is 16.5. The fourth-order valence-electron chi connectivity index (χ4n) is 4.10. The molecule has 1 saturated heterocycles. The molecule has 0 aliphatic carbocycles. The summed E-state index contributed by atoms with van der Waals surface area (Å²) in [4.78, 5) is 12.4. The van der Waals surface area contributed by atoms with Crippen molar-refractivity contribution in [1.82, 2.24) is 5.32 Å². The fraction of sp³-hybridized carbons (Fsp3) is 0.500. The number of methoxy groups -OCH3 is 1. The first-order valence-corrected chi connectivity index (χ1v) is 9.49. The van der Waals surface area contributed by atoms with Crippen molar-refractivity contribution in [3.63, 3.8) is 0 Å². The number of ether oxygens (including phenoxy) is 2. The van der Waals surface area contributed by atoms with E-state index in [4.69, 9.17) is 13.9 Å². The second-order valence-corrected chi connectivity index (χ2v) is 7.89. The molecule has 2 aromatic rings. The van der Waals surface area contributed by atoms with Crippen LogP contribution < -0.4 is 5.32 Å². The SMILES string of the molecule is COCc1ccc(C(=O)NCCC2(c3ccccc3)CCOC(C)(C)C2)o1. The predicted octanol–water partition coefficient (Wildman–Crippen LogP) is 4.07. The van der Waals surface area contributed by atoms with Crippen LogP contribution in [0.25, 0.3) is 0 Å². The molecule has 0 bridgehead atoms. The van der Waals surface area contributed by atoms with E-state index in [-0.39, 0.29) is 16.9 Å². The fourth-order valence-corrected chi connectivity index (χ4v) is 4.10. The predicted molar refractivity (Wildman–Crippen MR) is 104 cm³/mol. The first kappa shape index (κ1) is 19.6. The van der Waals surface area contributed by atoms with Gasteiger partial charge in [-0.1, -0.05) is 30.3 Å². The number of carbonyl (C=O) groups excluding carboxylic acids is 1. The number of furan rings is 1. The highest BCUT2D eigenvalue weighted by atomic mass is 16.5. The Hall–Kier alpha value is -2.11. The van der Waals surface area contributed by atoms with Gasteiger partial charge in [0.15, 0.2) is 5.76 Å². The number of rotatable bonds is 7. The molecule has 1 aliphatic rings. The van der Waals surface area contributed by atoms with Crippen molar-refractivity contribution < 1.29 is 18.7 Å². The van der Waals surface area contributed by atoms with Gasteiger partial charge in [-0.25, -0.2) is 0 Å². The van der Waals surface area contributed by atoms with E-state index < -0.39 is 0 Å². The number of hydrogen-bond donors (Lipinski definition) is 1. The molecule has 1 atom stereocenters. The van der Waals surface area contributed by atoms with Gasteiger partial charge in [0.25, 0.3) is 5.91 Å². The van der Waals surface area contributed by atoms with Crippen molar-refractivity contribution >= 4 is 5.91 Å². The second-order valence-electron chi connectivity index (χ2n) is 7.89. The zero-order valence-electron chi connectivity index (χ0n) is 16.4. The van der Waals surface area contributed by atoms with Crippen LogP contribution in [0, 0.1) is 0 Å². The van der Waals surface area contributed by atoms with Crippen molar-refractivity contribution in [3.8, 4) is 0 Å². The zero-order valence-corrected chi connectivity index (χ0v) is 16.4. The number of carbonyl (C=O) groups is 1. The minimum absolute atomic E-state index is 0.000660. The minimum Gasteiger partial charge on any atom is -0.453 e. The lowest BCUT2D eigenvalue weighted by atomic mass is 9.67. The smallest absolute Gasteiger partial charge is 0.286 e. The Kier molecular flexibility index (Phi) is 6.02. The van der Waals surface area contributed by atoms with Gasteiger partial charge >= 0.3 is 0 Å². The quantitative estimate of drug-likeness (QED) is 0.797. The molecule has 1 aliphatic heterocycles. The maximum absolute atomic E-state index is 12.4. The third-order valence-electron chi connectivity index (χ3n) is 5.28. The molecule has 1 N–H and O–H groups in total. The van der Waals surface area contributed by atoms with Crippen LogP contribution in [0.5, 0.6) is 0 Å². The van der Waals surface area contributed by atoms with Crippen LogP contribution in [-0.2, 0) is 21.5 Å². The summed E-state index contributed by atoms with van der Waals surface area (Å²) in [5.74, 6) is 0.782. The number of benzene rings is 1. The normalized spacial score (nSPS) is 21.7. The van der Waals surface area contributed by atoms with E-state index in [0.29, 0.717) is 24.7 Å². The topological polar surface area (TPSA) is 60.7 Å². The summed E-state index contributed by atoms with van der Waals surface area (Å²) in [7, 11) is 1.60. The molecule has 0 radical (unpaired) electrons. The molecule has 3 rings (SSSR count). The lowest BCUT2D eigenvalue weighted by Crippen LogP contribution is -2.45. The van der Waals surface area contributed by atoms with Crippen molar-refractivity contribution in [2.45, 2.75) is 50.7 Å². The Balaban J connectivity index is 1.67. The van der Waals surface area contributed by atoms with Crippen LogP contribution in [0.2, 0.25) is 0 Å².